The molecule has 1 aromatic heterocycles. The molecule has 1 atom stereocenters. The second-order valence-electron chi connectivity index (χ2n) is 6.61. The summed E-state index contributed by atoms with van der Waals surface area (Å²) in [6.07, 6.45) is 1.63. The zero-order valence-electron chi connectivity index (χ0n) is 16.3. The normalized spacial score (nSPS) is 15.6. The minimum Gasteiger partial charge on any atom is -0.494 e. The van der Waals surface area contributed by atoms with Gasteiger partial charge in [0.15, 0.2) is 5.11 Å². The summed E-state index contributed by atoms with van der Waals surface area (Å²) < 4.78 is 10.6. The Balaban J connectivity index is 1.45. The lowest BCUT2D eigenvalue weighted by molar-refractivity contribution is -0.129. The molecule has 1 aromatic carbocycles. The Morgan fingerprint density at radius 3 is 2.83 bits per heavy atom. The van der Waals surface area contributed by atoms with E-state index in [-0.39, 0.29) is 29.9 Å². The van der Waals surface area contributed by atoms with E-state index in [0.29, 0.717) is 30.2 Å². The topological polar surface area (TPSA) is 113 Å². The second-order valence-corrected chi connectivity index (χ2v) is 7.02. The molecule has 1 fully saturated rings. The molecule has 0 spiro atoms. The Morgan fingerprint density at radius 1 is 1.27 bits per heavy atom. The largest absolute Gasteiger partial charge is 0.494 e. The lowest BCUT2D eigenvalue weighted by Crippen LogP contribution is -2.50. The Hall–Kier alpha value is -3.40. The molecule has 0 radical (unpaired) electrons. The van der Waals surface area contributed by atoms with Crippen molar-refractivity contribution in [3.05, 3.63) is 54.0 Å². The van der Waals surface area contributed by atoms with Crippen LogP contribution in [-0.4, -0.2) is 40.9 Å². The maximum Gasteiger partial charge on any atom is 0.257 e. The predicted molar refractivity (Wildman–Crippen MR) is 111 cm³/mol. The van der Waals surface area contributed by atoms with Gasteiger partial charge >= 0.3 is 0 Å². The SMILES string of the molecule is CCOc1cccc(C(=O)NC(=S)NNC(=O)C2CC(=O)N(Cc3ccco3)C2)c1. The molecule has 1 aliphatic heterocycles. The molecular formula is C20H22N4O5S. The average molecular weight is 430 g/mol. The minimum atomic E-state index is -0.527. The van der Waals surface area contributed by atoms with Gasteiger partial charge in [-0.2, -0.15) is 0 Å². The Kier molecular flexibility index (Phi) is 7.02. The van der Waals surface area contributed by atoms with E-state index < -0.39 is 11.8 Å². The number of amides is 3. The van der Waals surface area contributed by atoms with Crippen molar-refractivity contribution in [3.8, 4) is 5.75 Å². The number of hydrogen-bond acceptors (Lipinski definition) is 6. The van der Waals surface area contributed by atoms with E-state index in [1.165, 1.54) is 6.26 Å². The fourth-order valence-corrected chi connectivity index (χ4v) is 3.16. The number of rotatable bonds is 6. The molecule has 10 heteroatoms. The summed E-state index contributed by atoms with van der Waals surface area (Å²) >= 11 is 5.05. The molecule has 2 heterocycles. The van der Waals surface area contributed by atoms with Crippen molar-refractivity contribution >= 4 is 35.1 Å². The van der Waals surface area contributed by atoms with Crippen molar-refractivity contribution in [3.63, 3.8) is 0 Å². The smallest absolute Gasteiger partial charge is 0.257 e. The highest BCUT2D eigenvalue weighted by Crippen LogP contribution is 2.20. The Labute approximate surface area is 178 Å². The van der Waals surface area contributed by atoms with Crippen molar-refractivity contribution < 1.29 is 23.5 Å². The van der Waals surface area contributed by atoms with Crippen molar-refractivity contribution in [2.45, 2.75) is 19.9 Å². The standard InChI is InChI=1S/C20H22N4O5S/c1-2-28-15-6-3-5-13(9-15)18(26)21-20(30)23-22-19(27)14-10-17(25)24(11-14)12-16-7-4-8-29-16/h3-9,14H,2,10-12H2,1H3,(H,22,27)(H2,21,23,26,30). The van der Waals surface area contributed by atoms with Crippen molar-refractivity contribution in [2.24, 2.45) is 5.92 Å². The van der Waals surface area contributed by atoms with E-state index in [0.717, 1.165) is 0 Å². The molecule has 0 aliphatic carbocycles. The number of carbonyl (C=O) groups is 3. The zero-order valence-corrected chi connectivity index (χ0v) is 17.2. The summed E-state index contributed by atoms with van der Waals surface area (Å²) in [5.74, 6) is -0.260. The number of nitrogens with zero attached hydrogens (tertiary/aromatic N) is 1. The van der Waals surface area contributed by atoms with Crippen LogP contribution in [-0.2, 0) is 16.1 Å². The van der Waals surface area contributed by atoms with Gasteiger partial charge < -0.3 is 14.1 Å². The third-order valence-electron chi connectivity index (χ3n) is 4.45. The number of hydrazine groups is 1. The highest BCUT2D eigenvalue weighted by Gasteiger charge is 2.34. The van der Waals surface area contributed by atoms with Gasteiger partial charge in [-0.3, -0.25) is 30.6 Å². The molecule has 3 N–H and O–H groups in total. The van der Waals surface area contributed by atoms with Crippen LogP contribution in [0.15, 0.2) is 47.1 Å². The fourth-order valence-electron chi connectivity index (χ4n) is 3.01. The van der Waals surface area contributed by atoms with Gasteiger partial charge in [0, 0.05) is 18.5 Å². The highest BCUT2D eigenvalue weighted by molar-refractivity contribution is 7.80. The van der Waals surface area contributed by atoms with E-state index in [4.69, 9.17) is 21.4 Å². The molecule has 1 unspecified atom stereocenters. The van der Waals surface area contributed by atoms with Crippen LogP contribution in [0.25, 0.3) is 0 Å². The van der Waals surface area contributed by atoms with Crippen LogP contribution in [0.1, 0.15) is 29.5 Å². The summed E-state index contributed by atoms with van der Waals surface area (Å²) in [4.78, 5) is 38.3. The van der Waals surface area contributed by atoms with Gasteiger partial charge in [-0.05, 0) is 49.5 Å². The molecule has 2 aromatic rings. The van der Waals surface area contributed by atoms with Crippen LogP contribution in [0.3, 0.4) is 0 Å². The number of ether oxygens (including phenoxy) is 1. The molecule has 158 valence electrons. The maximum absolute atomic E-state index is 12.4. The molecular weight excluding hydrogens is 408 g/mol. The van der Waals surface area contributed by atoms with E-state index >= 15 is 0 Å². The van der Waals surface area contributed by atoms with Crippen molar-refractivity contribution in [1.82, 2.24) is 21.1 Å². The first-order chi connectivity index (χ1) is 14.5. The van der Waals surface area contributed by atoms with Gasteiger partial charge in [0.1, 0.15) is 11.5 Å². The summed E-state index contributed by atoms with van der Waals surface area (Å²) in [5.41, 5.74) is 5.30. The lowest BCUT2D eigenvalue weighted by atomic mass is 10.1. The van der Waals surface area contributed by atoms with Crippen LogP contribution in [0.4, 0.5) is 0 Å². The predicted octanol–water partition coefficient (Wildman–Crippen LogP) is 1.36. The summed E-state index contributed by atoms with van der Waals surface area (Å²) in [5, 5.41) is 2.42. The van der Waals surface area contributed by atoms with Gasteiger partial charge in [-0.15, -0.1) is 0 Å². The summed E-state index contributed by atoms with van der Waals surface area (Å²) in [6, 6.07) is 10.2. The third-order valence-corrected chi connectivity index (χ3v) is 4.65. The number of nitrogens with one attached hydrogen (secondary N) is 3. The first-order valence-corrected chi connectivity index (χ1v) is 9.81. The lowest BCUT2D eigenvalue weighted by Gasteiger charge is -2.16. The highest BCUT2D eigenvalue weighted by atomic mass is 32.1. The van der Waals surface area contributed by atoms with Gasteiger partial charge in [-0.25, -0.2) is 0 Å². The van der Waals surface area contributed by atoms with Crippen LogP contribution in [0.5, 0.6) is 5.75 Å². The van der Waals surface area contributed by atoms with Gasteiger partial charge in [-0.1, -0.05) is 6.07 Å². The van der Waals surface area contributed by atoms with Gasteiger partial charge in [0.2, 0.25) is 11.8 Å². The van der Waals surface area contributed by atoms with Crippen LogP contribution < -0.4 is 20.9 Å². The minimum absolute atomic E-state index is 0.0630. The maximum atomic E-state index is 12.4. The number of thiocarbonyl (C=S) groups is 1. The van der Waals surface area contributed by atoms with Crippen LogP contribution >= 0.6 is 12.2 Å². The quantitative estimate of drug-likeness (QED) is 0.469. The van der Waals surface area contributed by atoms with Crippen molar-refractivity contribution in [2.75, 3.05) is 13.2 Å². The summed E-state index contributed by atoms with van der Waals surface area (Å²) in [6.45, 7) is 2.93. The number of hydrogen-bond donors (Lipinski definition) is 3. The first-order valence-electron chi connectivity index (χ1n) is 9.40. The summed E-state index contributed by atoms with van der Waals surface area (Å²) in [7, 11) is 0. The van der Waals surface area contributed by atoms with Gasteiger partial charge in [0.05, 0.1) is 25.3 Å². The number of carbonyl (C=O) groups excluding carboxylic acids is 3. The van der Waals surface area contributed by atoms with E-state index in [2.05, 4.69) is 16.2 Å². The van der Waals surface area contributed by atoms with Crippen LogP contribution in [0.2, 0.25) is 0 Å². The molecule has 3 rings (SSSR count). The van der Waals surface area contributed by atoms with E-state index in [1.54, 1.807) is 41.3 Å². The Morgan fingerprint density at radius 2 is 2.10 bits per heavy atom. The molecule has 0 saturated carbocycles. The molecule has 1 saturated heterocycles. The Bertz CT molecular complexity index is 931. The number of likely N-dealkylation sites (tertiary alicyclic amines) is 1. The second kappa shape index (κ2) is 9.88. The number of benzene rings is 1. The van der Waals surface area contributed by atoms with Crippen LogP contribution in [0, 0.1) is 5.92 Å². The van der Waals surface area contributed by atoms with Gasteiger partial charge in [0.25, 0.3) is 5.91 Å². The molecule has 1 aliphatic rings. The monoisotopic (exact) mass is 430 g/mol. The molecule has 30 heavy (non-hydrogen) atoms. The van der Waals surface area contributed by atoms with E-state index in [1.807, 2.05) is 6.92 Å². The van der Waals surface area contributed by atoms with Crippen molar-refractivity contribution in [1.29, 1.82) is 0 Å². The number of furan rings is 1. The molecule has 3 amide bonds. The zero-order chi connectivity index (χ0) is 21.5. The van der Waals surface area contributed by atoms with E-state index in [9.17, 15) is 14.4 Å². The third kappa shape index (κ3) is 5.57. The molecule has 9 nitrogen and oxygen atoms in total. The fraction of sp³-hybridized carbons (Fsp3) is 0.300. The average Bonchev–Trinajstić information content (AvgIpc) is 3.37. The molecule has 0 bridgehead atoms. The first kappa shape index (κ1) is 21.3.